The first-order chi connectivity index (χ1) is 10.7. The highest BCUT2D eigenvalue weighted by molar-refractivity contribution is 9.10. The molecule has 116 valence electrons. The van der Waals surface area contributed by atoms with Crippen LogP contribution in [-0.4, -0.2) is 16.0 Å². The van der Waals surface area contributed by atoms with E-state index in [0.29, 0.717) is 15.6 Å². The Morgan fingerprint density at radius 2 is 2.09 bits per heavy atom. The molecule has 3 aromatic rings. The van der Waals surface area contributed by atoms with Gasteiger partial charge in [-0.25, -0.2) is 0 Å². The molecule has 0 saturated heterocycles. The minimum atomic E-state index is -0.979. The molecule has 1 heterocycles. The van der Waals surface area contributed by atoms with Crippen LogP contribution in [0, 0.1) is 11.3 Å². The smallest absolute Gasteiger partial charge is 0.250 e. The highest BCUT2D eigenvalue weighted by Gasteiger charge is 2.21. The van der Waals surface area contributed by atoms with Crippen LogP contribution in [0.2, 0.25) is 0 Å². The van der Waals surface area contributed by atoms with Gasteiger partial charge >= 0.3 is 0 Å². The van der Waals surface area contributed by atoms with Gasteiger partial charge in [-0.3, -0.25) is 4.79 Å². The number of aromatic amines is 1. The number of hydrogen-bond donors (Lipinski definition) is 3. The number of carbonyl (C=O) groups is 1. The predicted octanol–water partition coefficient (Wildman–Crippen LogP) is 3.28. The van der Waals surface area contributed by atoms with Gasteiger partial charge in [0, 0.05) is 20.8 Å². The minimum Gasteiger partial charge on any atom is -0.386 e. The van der Waals surface area contributed by atoms with Gasteiger partial charge < -0.3 is 15.8 Å². The monoisotopic (exact) mass is 371 g/mol. The van der Waals surface area contributed by atoms with Crippen LogP contribution in [-0.2, 0) is 5.60 Å². The topological polar surface area (TPSA) is 103 Å². The molecule has 0 unspecified atom stereocenters. The summed E-state index contributed by atoms with van der Waals surface area (Å²) in [7, 11) is 0. The fourth-order valence-electron chi connectivity index (χ4n) is 2.70. The first-order valence-electron chi connectivity index (χ1n) is 6.94. The molecule has 0 atom stereocenters. The minimum absolute atomic E-state index is 0.265. The number of primary amides is 1. The maximum Gasteiger partial charge on any atom is 0.250 e. The Labute approximate surface area is 140 Å². The van der Waals surface area contributed by atoms with Crippen LogP contribution in [0.4, 0.5) is 0 Å². The summed E-state index contributed by atoms with van der Waals surface area (Å²) in [6, 6.07) is 9.05. The molecule has 6 heteroatoms. The third kappa shape index (κ3) is 2.38. The third-order valence-corrected chi connectivity index (χ3v) is 4.73. The Morgan fingerprint density at radius 1 is 1.39 bits per heavy atom. The number of nitriles is 1. The van der Waals surface area contributed by atoms with Crippen LogP contribution in [0.3, 0.4) is 0 Å². The highest BCUT2D eigenvalue weighted by atomic mass is 79.9. The van der Waals surface area contributed by atoms with E-state index in [4.69, 9.17) is 5.73 Å². The Hall–Kier alpha value is -2.36. The zero-order valence-electron chi connectivity index (χ0n) is 12.6. The van der Waals surface area contributed by atoms with Crippen molar-refractivity contribution in [3.63, 3.8) is 0 Å². The molecule has 0 aliphatic rings. The van der Waals surface area contributed by atoms with E-state index in [2.05, 4.69) is 27.0 Å². The Morgan fingerprint density at radius 3 is 2.65 bits per heavy atom. The van der Waals surface area contributed by atoms with Gasteiger partial charge in [0.25, 0.3) is 5.91 Å². The molecule has 1 amide bonds. The van der Waals surface area contributed by atoms with Crippen molar-refractivity contribution >= 4 is 43.6 Å². The van der Waals surface area contributed by atoms with Crippen molar-refractivity contribution in [2.24, 2.45) is 5.73 Å². The van der Waals surface area contributed by atoms with Gasteiger partial charge in [-0.05, 0) is 47.5 Å². The van der Waals surface area contributed by atoms with Gasteiger partial charge in [-0.2, -0.15) is 5.26 Å². The van der Waals surface area contributed by atoms with E-state index < -0.39 is 11.5 Å². The average Bonchev–Trinajstić information content (AvgIpc) is 2.85. The number of H-pyrrole nitrogens is 1. The summed E-state index contributed by atoms with van der Waals surface area (Å²) in [5.41, 5.74) is 7.16. The number of hydrogen-bond acceptors (Lipinski definition) is 3. The highest BCUT2D eigenvalue weighted by Crippen LogP contribution is 2.37. The zero-order valence-corrected chi connectivity index (χ0v) is 14.2. The molecule has 3 rings (SSSR count). The lowest BCUT2D eigenvalue weighted by molar-refractivity contribution is 0.0787. The van der Waals surface area contributed by atoms with E-state index in [-0.39, 0.29) is 5.56 Å². The van der Waals surface area contributed by atoms with Gasteiger partial charge in [0.15, 0.2) is 0 Å². The van der Waals surface area contributed by atoms with Crippen LogP contribution in [0.1, 0.15) is 35.3 Å². The summed E-state index contributed by atoms with van der Waals surface area (Å²) in [5.74, 6) is -0.603. The van der Waals surface area contributed by atoms with E-state index in [1.54, 1.807) is 13.8 Å². The Balaban J connectivity index is 2.48. The molecular weight excluding hydrogens is 358 g/mol. The molecular formula is C17H14BrN3O2. The van der Waals surface area contributed by atoms with Gasteiger partial charge in [0.1, 0.15) is 6.07 Å². The molecule has 0 aliphatic heterocycles. The van der Waals surface area contributed by atoms with Gasteiger partial charge in [0.05, 0.1) is 22.2 Å². The second-order valence-corrected chi connectivity index (χ2v) is 6.75. The summed E-state index contributed by atoms with van der Waals surface area (Å²) in [6.07, 6.45) is 0. The van der Waals surface area contributed by atoms with Gasteiger partial charge in [-0.15, -0.1) is 0 Å². The number of aromatic nitrogens is 1. The first kappa shape index (κ1) is 15.5. The SMILES string of the molecule is CC(C)(O)c1ccc2c(c1)[nH]c1c(C(N)=O)cc(C#N)c(Br)c12. The number of rotatable bonds is 2. The van der Waals surface area contributed by atoms with Crippen LogP contribution in [0.5, 0.6) is 0 Å². The fraction of sp³-hybridized carbons (Fsp3) is 0.176. The molecule has 0 radical (unpaired) electrons. The van der Waals surface area contributed by atoms with Crippen LogP contribution >= 0.6 is 15.9 Å². The van der Waals surface area contributed by atoms with Crippen molar-refractivity contribution in [3.05, 3.63) is 45.4 Å². The molecule has 23 heavy (non-hydrogen) atoms. The number of carbonyl (C=O) groups excluding carboxylic acids is 1. The average molecular weight is 372 g/mol. The second kappa shape index (κ2) is 5.08. The lowest BCUT2D eigenvalue weighted by atomic mass is 9.97. The number of amides is 1. The van der Waals surface area contributed by atoms with Crippen molar-refractivity contribution < 1.29 is 9.90 Å². The Bertz CT molecular complexity index is 1010. The van der Waals surface area contributed by atoms with E-state index in [9.17, 15) is 15.2 Å². The summed E-state index contributed by atoms with van der Waals surface area (Å²) < 4.78 is 0.613. The van der Waals surface area contributed by atoms with Crippen LogP contribution in [0.15, 0.2) is 28.7 Å². The maximum atomic E-state index is 11.7. The van der Waals surface area contributed by atoms with Crippen molar-refractivity contribution in [2.75, 3.05) is 0 Å². The van der Waals surface area contributed by atoms with E-state index in [1.165, 1.54) is 6.07 Å². The summed E-state index contributed by atoms with van der Waals surface area (Å²) >= 11 is 3.44. The summed E-state index contributed by atoms with van der Waals surface area (Å²) in [6.45, 7) is 3.41. The molecule has 1 aromatic heterocycles. The molecule has 5 nitrogen and oxygen atoms in total. The number of nitrogens with one attached hydrogen (secondary N) is 1. The first-order valence-corrected chi connectivity index (χ1v) is 7.74. The quantitative estimate of drug-likeness (QED) is 0.643. The number of benzene rings is 2. The molecule has 0 bridgehead atoms. The third-order valence-electron chi connectivity index (χ3n) is 3.90. The molecule has 0 spiro atoms. The standard InChI is InChI=1S/C17H14BrN3O2/c1-17(2,23)9-3-4-10-12(6-9)21-15-11(16(20)22)5-8(7-19)14(18)13(10)15/h3-6,21,23H,1-2H3,(H2,20,22). The fourth-order valence-corrected chi connectivity index (χ4v) is 3.31. The maximum absolute atomic E-state index is 11.7. The number of aliphatic hydroxyl groups is 1. The number of nitrogens with two attached hydrogens (primary N) is 1. The number of nitrogens with zero attached hydrogens (tertiary/aromatic N) is 1. The van der Waals surface area contributed by atoms with Crippen molar-refractivity contribution in [1.82, 2.24) is 4.98 Å². The molecule has 4 N–H and O–H groups in total. The number of halogens is 1. The Kier molecular flexibility index (Phi) is 3.43. The molecule has 0 saturated carbocycles. The van der Waals surface area contributed by atoms with Crippen molar-refractivity contribution in [1.29, 1.82) is 5.26 Å². The number of fused-ring (bicyclic) bond motifs is 3. The van der Waals surface area contributed by atoms with Crippen molar-refractivity contribution in [3.8, 4) is 6.07 Å². The van der Waals surface area contributed by atoms with Gasteiger partial charge in [-0.1, -0.05) is 12.1 Å². The van der Waals surface area contributed by atoms with Crippen molar-refractivity contribution in [2.45, 2.75) is 19.4 Å². The van der Waals surface area contributed by atoms with E-state index in [0.717, 1.165) is 21.9 Å². The largest absolute Gasteiger partial charge is 0.386 e. The van der Waals surface area contributed by atoms with Gasteiger partial charge in [0.2, 0.25) is 0 Å². The lowest BCUT2D eigenvalue weighted by Crippen LogP contribution is -2.14. The van der Waals surface area contributed by atoms with E-state index >= 15 is 0 Å². The molecule has 2 aromatic carbocycles. The zero-order chi connectivity index (χ0) is 16.9. The van der Waals surface area contributed by atoms with Crippen LogP contribution < -0.4 is 5.73 Å². The summed E-state index contributed by atoms with van der Waals surface area (Å²) in [5, 5.41) is 21.0. The normalized spacial score (nSPS) is 11.8. The second-order valence-electron chi connectivity index (χ2n) is 5.96. The summed E-state index contributed by atoms with van der Waals surface area (Å²) in [4.78, 5) is 14.9. The predicted molar refractivity (Wildman–Crippen MR) is 92.0 cm³/mol. The lowest BCUT2D eigenvalue weighted by Gasteiger charge is -2.17. The van der Waals surface area contributed by atoms with Crippen LogP contribution in [0.25, 0.3) is 21.8 Å². The van der Waals surface area contributed by atoms with E-state index in [1.807, 2.05) is 18.2 Å². The molecule has 0 fully saturated rings. The molecule has 0 aliphatic carbocycles.